The molecule has 114 valence electrons. The minimum Gasteiger partial charge on any atom is -0.377 e. The lowest BCUT2D eigenvalue weighted by molar-refractivity contribution is -0.149. The third kappa shape index (κ3) is 7.10. The van der Waals surface area contributed by atoms with Crippen molar-refractivity contribution < 1.29 is 17.9 Å². The second-order valence-electron chi connectivity index (χ2n) is 4.83. The van der Waals surface area contributed by atoms with E-state index < -0.39 is 12.7 Å². The molecule has 0 aromatic rings. The topological polar surface area (TPSA) is 41.7 Å². The van der Waals surface area contributed by atoms with Crippen LogP contribution in [0.1, 0.15) is 13.3 Å². The molecule has 0 radical (unpaired) electrons. The van der Waals surface area contributed by atoms with E-state index in [1.54, 1.807) is 0 Å². The molecule has 0 aliphatic carbocycles. The summed E-state index contributed by atoms with van der Waals surface area (Å²) in [6.45, 7) is 5.40. The number of hydrogen-bond acceptors (Lipinski definition) is 4. The highest BCUT2D eigenvalue weighted by atomic mass is 19.4. The van der Waals surface area contributed by atoms with Gasteiger partial charge in [0.15, 0.2) is 0 Å². The van der Waals surface area contributed by atoms with Gasteiger partial charge in [0, 0.05) is 45.9 Å². The molecule has 2 N–H and O–H groups in total. The van der Waals surface area contributed by atoms with Crippen molar-refractivity contribution in [3.05, 3.63) is 0 Å². The Kier molecular flexibility index (Phi) is 7.06. The lowest BCUT2D eigenvalue weighted by Gasteiger charge is -2.35. The number of halogens is 3. The molecule has 19 heavy (non-hydrogen) atoms. The first-order valence-electron chi connectivity index (χ1n) is 6.77. The Labute approximate surface area is 112 Å². The van der Waals surface area contributed by atoms with Gasteiger partial charge in [-0.05, 0) is 13.3 Å². The van der Waals surface area contributed by atoms with E-state index >= 15 is 0 Å². The maximum Gasteiger partial charge on any atom is 0.401 e. The third-order valence-corrected chi connectivity index (χ3v) is 3.30. The van der Waals surface area contributed by atoms with E-state index in [0.29, 0.717) is 39.3 Å². The van der Waals surface area contributed by atoms with Gasteiger partial charge in [0.05, 0.1) is 12.6 Å². The van der Waals surface area contributed by atoms with Crippen molar-refractivity contribution >= 4 is 0 Å². The van der Waals surface area contributed by atoms with Crippen LogP contribution in [-0.2, 0) is 4.74 Å². The molecule has 0 aromatic heterocycles. The van der Waals surface area contributed by atoms with Crippen LogP contribution < -0.4 is 5.73 Å². The lowest BCUT2D eigenvalue weighted by Crippen LogP contribution is -2.49. The summed E-state index contributed by atoms with van der Waals surface area (Å²) < 4.78 is 42.2. The van der Waals surface area contributed by atoms with Crippen molar-refractivity contribution in [3.63, 3.8) is 0 Å². The van der Waals surface area contributed by atoms with Crippen molar-refractivity contribution in [1.82, 2.24) is 9.80 Å². The summed E-state index contributed by atoms with van der Waals surface area (Å²) in [7, 11) is 0. The molecule has 1 unspecified atom stereocenters. The molecule has 1 rings (SSSR count). The fourth-order valence-electron chi connectivity index (χ4n) is 2.26. The summed E-state index contributed by atoms with van der Waals surface area (Å²) in [5.74, 6) is 0. The highest BCUT2D eigenvalue weighted by molar-refractivity contribution is 4.75. The average Bonchev–Trinajstić information content (AvgIpc) is 2.34. The van der Waals surface area contributed by atoms with Crippen molar-refractivity contribution in [2.24, 2.45) is 5.73 Å². The average molecular weight is 283 g/mol. The summed E-state index contributed by atoms with van der Waals surface area (Å²) in [6, 6.07) is 0. The number of nitrogens with zero attached hydrogens (tertiary/aromatic N) is 2. The molecule has 4 nitrogen and oxygen atoms in total. The molecule has 0 bridgehead atoms. The predicted octanol–water partition coefficient (Wildman–Crippen LogP) is 0.920. The van der Waals surface area contributed by atoms with Gasteiger partial charge >= 0.3 is 6.18 Å². The Morgan fingerprint density at radius 2 is 1.74 bits per heavy atom. The molecule has 1 fully saturated rings. The maximum absolute atomic E-state index is 12.2. The zero-order valence-electron chi connectivity index (χ0n) is 11.5. The van der Waals surface area contributed by atoms with Crippen molar-refractivity contribution in [1.29, 1.82) is 0 Å². The quantitative estimate of drug-likeness (QED) is 0.754. The van der Waals surface area contributed by atoms with Gasteiger partial charge in [-0.25, -0.2) is 0 Å². The van der Waals surface area contributed by atoms with E-state index in [0.717, 1.165) is 13.0 Å². The van der Waals surface area contributed by atoms with Crippen LogP contribution in [0.25, 0.3) is 0 Å². The van der Waals surface area contributed by atoms with Gasteiger partial charge in [-0.2, -0.15) is 13.2 Å². The molecule has 1 aliphatic rings. The van der Waals surface area contributed by atoms with E-state index in [4.69, 9.17) is 10.5 Å². The van der Waals surface area contributed by atoms with Crippen LogP contribution in [0.2, 0.25) is 0 Å². The summed E-state index contributed by atoms with van der Waals surface area (Å²) in [4.78, 5) is 3.63. The maximum atomic E-state index is 12.2. The van der Waals surface area contributed by atoms with E-state index in [-0.39, 0.29) is 6.10 Å². The van der Waals surface area contributed by atoms with Crippen LogP contribution in [0.15, 0.2) is 0 Å². The number of ether oxygens (including phenoxy) is 1. The van der Waals surface area contributed by atoms with Gasteiger partial charge in [-0.3, -0.25) is 4.90 Å². The molecular weight excluding hydrogens is 259 g/mol. The Hall–Kier alpha value is -0.370. The number of alkyl halides is 3. The largest absolute Gasteiger partial charge is 0.401 e. The first kappa shape index (κ1) is 16.7. The summed E-state index contributed by atoms with van der Waals surface area (Å²) in [5, 5.41) is 0. The highest BCUT2D eigenvalue weighted by Gasteiger charge is 2.32. The van der Waals surface area contributed by atoms with Crippen LogP contribution in [0.4, 0.5) is 13.2 Å². The second-order valence-corrected chi connectivity index (χ2v) is 4.83. The Morgan fingerprint density at radius 3 is 2.21 bits per heavy atom. The van der Waals surface area contributed by atoms with Gasteiger partial charge in [-0.15, -0.1) is 0 Å². The number of rotatable bonds is 7. The predicted molar refractivity (Wildman–Crippen MR) is 68.0 cm³/mol. The molecule has 0 spiro atoms. The summed E-state index contributed by atoms with van der Waals surface area (Å²) in [5.41, 5.74) is 5.59. The standard InChI is InChI=1S/C12H24F3N3O/c1-2-19-11(9-16)3-4-17-5-7-18(8-6-17)10-12(13,14)15/h11H,2-10,16H2,1H3. The molecule has 1 atom stereocenters. The molecule has 7 heteroatoms. The van der Waals surface area contributed by atoms with E-state index in [1.807, 2.05) is 6.92 Å². The molecule has 1 saturated heterocycles. The first-order chi connectivity index (χ1) is 8.94. The second kappa shape index (κ2) is 8.04. The van der Waals surface area contributed by atoms with Gasteiger partial charge < -0.3 is 15.4 Å². The zero-order valence-corrected chi connectivity index (χ0v) is 11.5. The van der Waals surface area contributed by atoms with Gasteiger partial charge in [-0.1, -0.05) is 0 Å². The Balaban J connectivity index is 2.19. The van der Waals surface area contributed by atoms with Crippen LogP contribution in [0.3, 0.4) is 0 Å². The monoisotopic (exact) mass is 283 g/mol. The van der Waals surface area contributed by atoms with E-state index in [1.165, 1.54) is 4.90 Å². The Morgan fingerprint density at radius 1 is 1.16 bits per heavy atom. The molecular formula is C12H24F3N3O. The van der Waals surface area contributed by atoms with Crippen molar-refractivity contribution in [2.45, 2.75) is 25.6 Å². The first-order valence-corrected chi connectivity index (χ1v) is 6.77. The number of piperazine rings is 1. The van der Waals surface area contributed by atoms with Crippen molar-refractivity contribution in [2.75, 3.05) is 52.4 Å². The zero-order chi connectivity index (χ0) is 14.3. The van der Waals surface area contributed by atoms with Gasteiger partial charge in [0.2, 0.25) is 0 Å². The molecule has 1 heterocycles. The molecule has 1 aliphatic heterocycles. The number of hydrogen-bond donors (Lipinski definition) is 1. The van der Waals surface area contributed by atoms with Crippen LogP contribution in [0.5, 0.6) is 0 Å². The van der Waals surface area contributed by atoms with Crippen molar-refractivity contribution in [3.8, 4) is 0 Å². The lowest BCUT2D eigenvalue weighted by atomic mass is 10.2. The van der Waals surface area contributed by atoms with Gasteiger partial charge in [0.1, 0.15) is 0 Å². The fraction of sp³-hybridized carbons (Fsp3) is 1.00. The summed E-state index contributed by atoms with van der Waals surface area (Å²) >= 11 is 0. The molecule has 0 saturated carbocycles. The van der Waals surface area contributed by atoms with Gasteiger partial charge in [0.25, 0.3) is 0 Å². The smallest absolute Gasteiger partial charge is 0.377 e. The molecule has 0 amide bonds. The minimum atomic E-state index is -4.10. The SMILES string of the molecule is CCOC(CN)CCN1CCN(CC(F)(F)F)CC1. The highest BCUT2D eigenvalue weighted by Crippen LogP contribution is 2.17. The minimum absolute atomic E-state index is 0.0539. The van der Waals surface area contributed by atoms with E-state index in [9.17, 15) is 13.2 Å². The van der Waals surface area contributed by atoms with Crippen LogP contribution in [0, 0.1) is 0 Å². The molecule has 0 aromatic carbocycles. The Bertz CT molecular complexity index is 243. The third-order valence-electron chi connectivity index (χ3n) is 3.30. The van der Waals surface area contributed by atoms with Crippen LogP contribution >= 0.6 is 0 Å². The van der Waals surface area contributed by atoms with E-state index in [2.05, 4.69) is 4.90 Å². The normalized spacial score (nSPS) is 20.7. The summed E-state index contributed by atoms with van der Waals surface area (Å²) in [6.07, 6.45) is -3.20. The fourth-order valence-corrected chi connectivity index (χ4v) is 2.26. The number of nitrogens with two attached hydrogens (primary N) is 1. The van der Waals surface area contributed by atoms with Crippen LogP contribution in [-0.4, -0.2) is 74.5 Å².